The number of carbonyl (C=O) groups excluding carboxylic acids is 1. The van der Waals surface area contributed by atoms with Crippen LogP contribution in [0.2, 0.25) is 0 Å². The summed E-state index contributed by atoms with van der Waals surface area (Å²) in [5.74, 6) is -0.0938. The summed E-state index contributed by atoms with van der Waals surface area (Å²) in [6.45, 7) is 3.35. The van der Waals surface area contributed by atoms with E-state index >= 15 is 0 Å². The Morgan fingerprint density at radius 2 is 2.30 bits per heavy atom. The van der Waals surface area contributed by atoms with E-state index in [9.17, 15) is 9.90 Å². The van der Waals surface area contributed by atoms with Gasteiger partial charge in [-0.05, 0) is 18.6 Å². The maximum absolute atomic E-state index is 12.0. The van der Waals surface area contributed by atoms with Gasteiger partial charge < -0.3 is 10.4 Å². The van der Waals surface area contributed by atoms with E-state index in [2.05, 4.69) is 14.1 Å². The molecule has 6 nitrogen and oxygen atoms in total. The predicted molar refractivity (Wildman–Crippen MR) is 77.7 cm³/mol. The highest BCUT2D eigenvalue weighted by molar-refractivity contribution is 7.00. The number of benzene rings is 1. The summed E-state index contributed by atoms with van der Waals surface area (Å²) < 4.78 is 8.32. The summed E-state index contributed by atoms with van der Waals surface area (Å²) in [4.78, 5) is 13.9. The second kappa shape index (κ2) is 5.08. The van der Waals surface area contributed by atoms with Crippen molar-refractivity contribution < 1.29 is 9.90 Å². The molecule has 0 radical (unpaired) electrons. The molecule has 20 heavy (non-hydrogen) atoms. The summed E-state index contributed by atoms with van der Waals surface area (Å²) >= 11 is 1.13. The maximum atomic E-state index is 12.0. The first-order valence-corrected chi connectivity index (χ1v) is 7.28. The Hall–Kier alpha value is -1.57. The third-order valence-electron chi connectivity index (χ3n) is 3.62. The zero-order valence-corrected chi connectivity index (χ0v) is 12.0. The van der Waals surface area contributed by atoms with Crippen LogP contribution in [0.1, 0.15) is 13.3 Å². The molecule has 1 fully saturated rings. The van der Waals surface area contributed by atoms with Crippen molar-refractivity contribution in [3.8, 4) is 0 Å². The number of fused-ring (bicyclic) bond motifs is 1. The number of likely N-dealkylation sites (tertiary alicyclic amines) is 1. The van der Waals surface area contributed by atoms with E-state index in [0.717, 1.165) is 29.2 Å². The van der Waals surface area contributed by atoms with Crippen LogP contribution < -0.4 is 5.32 Å². The van der Waals surface area contributed by atoms with Gasteiger partial charge >= 0.3 is 0 Å². The largest absolute Gasteiger partial charge is 0.387 e. The number of nitrogens with one attached hydrogen (secondary N) is 1. The van der Waals surface area contributed by atoms with Crippen LogP contribution >= 0.6 is 11.7 Å². The van der Waals surface area contributed by atoms with Crippen molar-refractivity contribution in [2.45, 2.75) is 18.9 Å². The van der Waals surface area contributed by atoms with Crippen molar-refractivity contribution >= 4 is 34.4 Å². The van der Waals surface area contributed by atoms with Gasteiger partial charge in [-0.25, -0.2) is 0 Å². The van der Waals surface area contributed by atoms with Gasteiger partial charge in [-0.1, -0.05) is 13.0 Å². The molecule has 2 heterocycles. The van der Waals surface area contributed by atoms with E-state index < -0.39 is 5.60 Å². The van der Waals surface area contributed by atoms with Gasteiger partial charge in [0.05, 0.1) is 29.6 Å². The molecule has 0 saturated carbocycles. The predicted octanol–water partition coefficient (Wildman–Crippen LogP) is 1.09. The van der Waals surface area contributed by atoms with Crippen molar-refractivity contribution in [2.24, 2.45) is 0 Å². The molecule has 106 valence electrons. The fourth-order valence-electron chi connectivity index (χ4n) is 2.42. The summed E-state index contributed by atoms with van der Waals surface area (Å²) in [6.07, 6.45) is 0.717. The quantitative estimate of drug-likeness (QED) is 0.882. The number of rotatable bonds is 4. The average Bonchev–Trinajstić information content (AvgIpc) is 2.86. The van der Waals surface area contributed by atoms with E-state index in [1.807, 2.05) is 30.0 Å². The molecule has 7 heteroatoms. The van der Waals surface area contributed by atoms with Crippen LogP contribution in [0, 0.1) is 0 Å². The van der Waals surface area contributed by atoms with E-state index in [-0.39, 0.29) is 12.5 Å². The smallest absolute Gasteiger partial charge is 0.238 e. The molecule has 0 spiro atoms. The fraction of sp³-hybridized carbons (Fsp3) is 0.462. The van der Waals surface area contributed by atoms with Crippen LogP contribution in [-0.2, 0) is 4.79 Å². The summed E-state index contributed by atoms with van der Waals surface area (Å²) in [7, 11) is 0. The van der Waals surface area contributed by atoms with Crippen molar-refractivity contribution in [1.29, 1.82) is 0 Å². The van der Waals surface area contributed by atoms with E-state index in [1.54, 1.807) is 0 Å². The summed E-state index contributed by atoms with van der Waals surface area (Å²) in [5.41, 5.74) is 1.59. The van der Waals surface area contributed by atoms with E-state index in [0.29, 0.717) is 18.8 Å². The first-order valence-electron chi connectivity index (χ1n) is 6.55. The molecule has 1 amide bonds. The maximum Gasteiger partial charge on any atom is 0.238 e. The topological polar surface area (TPSA) is 78.4 Å². The van der Waals surface area contributed by atoms with Crippen LogP contribution in [0.3, 0.4) is 0 Å². The van der Waals surface area contributed by atoms with E-state index in [4.69, 9.17) is 0 Å². The second-order valence-corrected chi connectivity index (χ2v) is 5.74. The minimum absolute atomic E-state index is 0.0938. The normalized spacial score (nSPS) is 17.9. The molecule has 0 unspecified atom stereocenters. The second-order valence-electron chi connectivity index (χ2n) is 5.21. The SMILES string of the molecule is CCC1(O)CN(CC(=O)Nc2cccc3nsnc23)C1. The zero-order valence-electron chi connectivity index (χ0n) is 11.2. The number of nitrogens with zero attached hydrogens (tertiary/aromatic N) is 3. The van der Waals surface area contributed by atoms with Crippen LogP contribution in [0.4, 0.5) is 5.69 Å². The standard InChI is InChI=1S/C13H16N4O2S/c1-2-13(19)7-17(8-13)6-11(18)14-9-4-3-5-10-12(9)16-20-15-10/h3-5,19H,2,6-8H2,1H3,(H,14,18). The van der Waals surface area contributed by atoms with Crippen molar-refractivity contribution in [3.05, 3.63) is 18.2 Å². The highest BCUT2D eigenvalue weighted by Gasteiger charge is 2.39. The van der Waals surface area contributed by atoms with Gasteiger partial charge in [0.2, 0.25) is 5.91 Å². The van der Waals surface area contributed by atoms with Crippen LogP contribution in [-0.4, -0.2) is 49.9 Å². The third-order valence-corrected chi connectivity index (χ3v) is 4.16. The first kappa shape index (κ1) is 13.4. The Balaban J connectivity index is 1.61. The number of hydrogen-bond donors (Lipinski definition) is 2. The van der Waals surface area contributed by atoms with Gasteiger partial charge in [0.1, 0.15) is 11.0 Å². The lowest BCUT2D eigenvalue weighted by Gasteiger charge is -2.45. The molecule has 1 aromatic carbocycles. The van der Waals surface area contributed by atoms with Gasteiger partial charge in [0.25, 0.3) is 0 Å². The number of aromatic nitrogens is 2. The number of anilines is 1. The number of aliphatic hydroxyl groups is 1. The average molecular weight is 292 g/mol. The van der Waals surface area contributed by atoms with Gasteiger partial charge in [0, 0.05) is 13.1 Å². The number of β-amino-alcohol motifs (C(OH)–C–C–N with tert-alkyl or cyclic N) is 1. The van der Waals surface area contributed by atoms with Crippen molar-refractivity contribution in [2.75, 3.05) is 25.0 Å². The molecule has 1 aromatic heterocycles. The monoisotopic (exact) mass is 292 g/mol. The Morgan fingerprint density at radius 1 is 1.50 bits per heavy atom. The molecule has 0 atom stereocenters. The molecule has 1 aliphatic rings. The lowest BCUT2D eigenvalue weighted by Crippen LogP contribution is -2.62. The van der Waals surface area contributed by atoms with Crippen molar-refractivity contribution in [3.63, 3.8) is 0 Å². The fourth-order valence-corrected chi connectivity index (χ4v) is 2.97. The Bertz CT molecular complexity index is 636. The first-order chi connectivity index (χ1) is 9.59. The summed E-state index contributed by atoms with van der Waals surface area (Å²) in [6, 6.07) is 5.53. The van der Waals surface area contributed by atoms with Gasteiger partial charge in [-0.15, -0.1) is 0 Å². The lowest BCUT2D eigenvalue weighted by molar-refractivity contribution is -0.128. The minimum Gasteiger partial charge on any atom is -0.387 e. The molecular formula is C13H16N4O2S. The molecule has 0 aliphatic carbocycles. The lowest BCUT2D eigenvalue weighted by atomic mass is 9.91. The molecular weight excluding hydrogens is 276 g/mol. The van der Waals surface area contributed by atoms with Gasteiger partial charge in [-0.2, -0.15) is 8.75 Å². The van der Waals surface area contributed by atoms with Gasteiger partial charge in [-0.3, -0.25) is 9.69 Å². The Morgan fingerprint density at radius 3 is 3.05 bits per heavy atom. The van der Waals surface area contributed by atoms with Crippen LogP contribution in [0.25, 0.3) is 11.0 Å². The third kappa shape index (κ3) is 2.52. The van der Waals surface area contributed by atoms with E-state index in [1.165, 1.54) is 0 Å². The molecule has 2 aromatic rings. The number of amides is 1. The highest BCUT2D eigenvalue weighted by Crippen LogP contribution is 2.24. The Kier molecular flexibility index (Phi) is 3.41. The minimum atomic E-state index is -0.612. The van der Waals surface area contributed by atoms with Crippen LogP contribution in [0.5, 0.6) is 0 Å². The molecule has 1 aliphatic heterocycles. The molecule has 1 saturated heterocycles. The zero-order chi connectivity index (χ0) is 14.2. The molecule has 2 N–H and O–H groups in total. The van der Waals surface area contributed by atoms with Crippen molar-refractivity contribution in [1.82, 2.24) is 13.6 Å². The highest BCUT2D eigenvalue weighted by atomic mass is 32.1. The molecule has 0 bridgehead atoms. The Labute approximate surface area is 120 Å². The van der Waals surface area contributed by atoms with Crippen LogP contribution in [0.15, 0.2) is 18.2 Å². The molecule has 3 rings (SSSR count). The summed E-state index contributed by atoms with van der Waals surface area (Å²) in [5, 5.41) is 12.8. The number of carbonyl (C=O) groups is 1. The number of hydrogen-bond acceptors (Lipinski definition) is 6. The van der Waals surface area contributed by atoms with Gasteiger partial charge in [0.15, 0.2) is 0 Å².